The van der Waals surface area contributed by atoms with E-state index in [1.54, 1.807) is 37.3 Å². The van der Waals surface area contributed by atoms with Crippen LogP contribution in [0.5, 0.6) is 0 Å². The first-order valence-corrected chi connectivity index (χ1v) is 8.19. The lowest BCUT2D eigenvalue weighted by Crippen LogP contribution is -2.31. The minimum atomic E-state index is -0.590. The van der Waals surface area contributed by atoms with Gasteiger partial charge in [0.15, 0.2) is 6.61 Å². The van der Waals surface area contributed by atoms with Crippen LogP contribution in [0.1, 0.15) is 40.5 Å². The molecule has 0 radical (unpaired) electrons. The predicted octanol–water partition coefficient (Wildman–Crippen LogP) is 2.87. The second-order valence-electron chi connectivity index (χ2n) is 5.98. The number of rotatable bonds is 5. The third kappa shape index (κ3) is 3.88. The molecule has 0 aliphatic carbocycles. The summed E-state index contributed by atoms with van der Waals surface area (Å²) >= 11 is 0. The molecule has 0 saturated carbocycles. The van der Waals surface area contributed by atoms with Gasteiger partial charge in [-0.25, -0.2) is 14.8 Å². The van der Waals surface area contributed by atoms with E-state index in [2.05, 4.69) is 15.3 Å². The van der Waals surface area contributed by atoms with Gasteiger partial charge in [0.05, 0.1) is 40.3 Å². The van der Waals surface area contributed by atoms with Crippen LogP contribution < -0.4 is 5.32 Å². The number of amides is 1. The maximum absolute atomic E-state index is 12.2. The molecule has 3 aromatic rings. The van der Waals surface area contributed by atoms with Crippen LogP contribution in [0.4, 0.5) is 0 Å². The summed E-state index contributed by atoms with van der Waals surface area (Å²) in [5.74, 6) is -0.370. The number of aryl methyl sites for hydroxylation is 2. The van der Waals surface area contributed by atoms with Crippen molar-refractivity contribution in [3.05, 3.63) is 59.3 Å². The number of hydrogen-bond donors (Lipinski definition) is 1. The second kappa shape index (κ2) is 7.35. The zero-order valence-corrected chi connectivity index (χ0v) is 14.8. The van der Waals surface area contributed by atoms with E-state index in [4.69, 9.17) is 9.15 Å². The highest BCUT2D eigenvalue weighted by Gasteiger charge is 2.15. The van der Waals surface area contributed by atoms with Crippen molar-refractivity contribution in [2.75, 3.05) is 6.61 Å². The summed E-state index contributed by atoms with van der Waals surface area (Å²) in [7, 11) is 0. The summed E-state index contributed by atoms with van der Waals surface area (Å²) < 4.78 is 10.3. The number of esters is 1. The normalized spacial score (nSPS) is 12.0. The van der Waals surface area contributed by atoms with Gasteiger partial charge in [-0.3, -0.25) is 4.79 Å². The molecule has 1 atom stereocenters. The summed E-state index contributed by atoms with van der Waals surface area (Å²) in [6.45, 7) is 5.15. The fourth-order valence-electron chi connectivity index (χ4n) is 2.46. The van der Waals surface area contributed by atoms with E-state index in [9.17, 15) is 9.59 Å². The van der Waals surface area contributed by atoms with Gasteiger partial charge in [-0.2, -0.15) is 0 Å². The summed E-state index contributed by atoms with van der Waals surface area (Å²) in [6, 6.07) is 8.13. The highest BCUT2D eigenvalue weighted by atomic mass is 16.5. The number of aromatic nitrogens is 2. The van der Waals surface area contributed by atoms with Gasteiger partial charge in [0.1, 0.15) is 5.76 Å². The highest BCUT2D eigenvalue weighted by molar-refractivity contribution is 5.94. The Morgan fingerprint density at radius 3 is 2.58 bits per heavy atom. The molecule has 134 valence electrons. The van der Waals surface area contributed by atoms with Gasteiger partial charge >= 0.3 is 5.97 Å². The maximum atomic E-state index is 12.2. The second-order valence-corrected chi connectivity index (χ2v) is 5.98. The van der Waals surface area contributed by atoms with Crippen LogP contribution in [0.15, 0.2) is 41.0 Å². The average Bonchev–Trinajstić information content (AvgIpc) is 3.15. The lowest BCUT2D eigenvalue weighted by molar-refractivity contribution is -0.125. The standard InChI is InChI=1S/C19H19N3O4/c1-11-12(2)21-16-9-14(6-7-15(16)20-11)19(24)26-10-18(23)22-13(3)17-5-4-8-25-17/h4-9,13H,10H2,1-3H3,(H,22,23)/t13-/m0/s1. The van der Waals surface area contributed by atoms with Crippen LogP contribution in [-0.2, 0) is 9.53 Å². The molecule has 2 aromatic heterocycles. The average molecular weight is 353 g/mol. The Bertz CT molecular complexity index is 951. The minimum Gasteiger partial charge on any atom is -0.467 e. The van der Waals surface area contributed by atoms with Gasteiger partial charge in [-0.15, -0.1) is 0 Å². The third-order valence-corrected chi connectivity index (χ3v) is 3.99. The molecule has 1 aromatic carbocycles. The van der Waals surface area contributed by atoms with Crippen molar-refractivity contribution in [3.8, 4) is 0 Å². The fraction of sp³-hybridized carbons (Fsp3) is 0.263. The summed E-state index contributed by atoms with van der Waals surface area (Å²) in [4.78, 5) is 33.0. The molecule has 7 nitrogen and oxygen atoms in total. The zero-order chi connectivity index (χ0) is 18.7. The number of carbonyl (C=O) groups is 2. The number of hydrogen-bond acceptors (Lipinski definition) is 6. The summed E-state index contributed by atoms with van der Waals surface area (Å²) in [6.07, 6.45) is 1.53. The summed E-state index contributed by atoms with van der Waals surface area (Å²) in [5.41, 5.74) is 3.28. The van der Waals surface area contributed by atoms with Crippen molar-refractivity contribution >= 4 is 22.9 Å². The molecule has 0 unspecified atom stereocenters. The van der Waals surface area contributed by atoms with E-state index < -0.39 is 11.9 Å². The number of nitrogens with one attached hydrogen (secondary N) is 1. The molecule has 0 aliphatic heterocycles. The smallest absolute Gasteiger partial charge is 0.338 e. The molecule has 26 heavy (non-hydrogen) atoms. The lowest BCUT2D eigenvalue weighted by Gasteiger charge is -2.11. The lowest BCUT2D eigenvalue weighted by atomic mass is 10.2. The Labute approximate surface area is 150 Å². The highest BCUT2D eigenvalue weighted by Crippen LogP contribution is 2.15. The van der Waals surface area contributed by atoms with Gasteiger partial charge in [0.2, 0.25) is 0 Å². The number of benzene rings is 1. The Kier molecular flexibility index (Phi) is 4.97. The summed E-state index contributed by atoms with van der Waals surface area (Å²) in [5, 5.41) is 2.70. The molecule has 0 aliphatic rings. The van der Waals surface area contributed by atoms with Crippen LogP contribution in [0.3, 0.4) is 0 Å². The van der Waals surface area contributed by atoms with E-state index in [1.807, 2.05) is 13.8 Å². The van der Waals surface area contributed by atoms with Gasteiger partial charge in [-0.1, -0.05) is 0 Å². The molecular formula is C19H19N3O4. The van der Waals surface area contributed by atoms with Crippen LogP contribution in [0, 0.1) is 13.8 Å². The Balaban J connectivity index is 1.62. The maximum Gasteiger partial charge on any atom is 0.338 e. The van der Waals surface area contributed by atoms with Gasteiger partial charge < -0.3 is 14.5 Å². The first kappa shape index (κ1) is 17.6. The minimum absolute atomic E-state index is 0.307. The SMILES string of the molecule is Cc1nc2ccc(C(=O)OCC(=O)N[C@@H](C)c3ccco3)cc2nc1C. The fourth-order valence-corrected chi connectivity index (χ4v) is 2.46. The van der Waals surface area contributed by atoms with E-state index in [-0.39, 0.29) is 12.6 Å². The Morgan fingerprint density at radius 1 is 1.15 bits per heavy atom. The van der Waals surface area contributed by atoms with Crippen LogP contribution in [-0.4, -0.2) is 28.5 Å². The molecule has 1 N–H and O–H groups in total. The number of fused-ring (bicyclic) bond motifs is 1. The van der Waals surface area contributed by atoms with Crippen molar-refractivity contribution in [2.24, 2.45) is 0 Å². The number of furan rings is 1. The van der Waals surface area contributed by atoms with E-state index in [0.29, 0.717) is 22.4 Å². The Morgan fingerprint density at radius 2 is 1.88 bits per heavy atom. The van der Waals surface area contributed by atoms with E-state index in [1.165, 1.54) is 6.26 Å². The van der Waals surface area contributed by atoms with Crippen LogP contribution in [0.2, 0.25) is 0 Å². The molecule has 0 bridgehead atoms. The van der Waals surface area contributed by atoms with Crippen molar-refractivity contribution in [1.82, 2.24) is 15.3 Å². The molecule has 1 amide bonds. The van der Waals surface area contributed by atoms with Crippen molar-refractivity contribution < 1.29 is 18.7 Å². The van der Waals surface area contributed by atoms with Gasteiger partial charge in [0, 0.05) is 0 Å². The third-order valence-electron chi connectivity index (χ3n) is 3.99. The Hall–Kier alpha value is -3.22. The molecule has 0 fully saturated rings. The molecule has 3 rings (SSSR count). The first-order valence-electron chi connectivity index (χ1n) is 8.19. The van der Waals surface area contributed by atoms with Gasteiger partial charge in [0.25, 0.3) is 5.91 Å². The molecule has 0 saturated heterocycles. The number of ether oxygens (including phenoxy) is 1. The van der Waals surface area contributed by atoms with Gasteiger partial charge in [-0.05, 0) is 51.1 Å². The molecule has 7 heteroatoms. The molecule has 0 spiro atoms. The predicted molar refractivity (Wildman–Crippen MR) is 94.6 cm³/mol. The quantitative estimate of drug-likeness (QED) is 0.709. The number of nitrogens with zero attached hydrogens (tertiary/aromatic N) is 2. The van der Waals surface area contributed by atoms with Crippen molar-refractivity contribution in [3.63, 3.8) is 0 Å². The van der Waals surface area contributed by atoms with Crippen LogP contribution in [0.25, 0.3) is 11.0 Å². The van der Waals surface area contributed by atoms with E-state index in [0.717, 1.165) is 11.4 Å². The zero-order valence-electron chi connectivity index (χ0n) is 14.8. The topological polar surface area (TPSA) is 94.3 Å². The van der Waals surface area contributed by atoms with E-state index >= 15 is 0 Å². The number of carbonyl (C=O) groups excluding carboxylic acids is 2. The first-order chi connectivity index (χ1) is 12.4. The van der Waals surface area contributed by atoms with Crippen LogP contribution >= 0.6 is 0 Å². The largest absolute Gasteiger partial charge is 0.467 e. The molecular weight excluding hydrogens is 334 g/mol. The monoisotopic (exact) mass is 353 g/mol. The van der Waals surface area contributed by atoms with Crippen molar-refractivity contribution in [2.45, 2.75) is 26.8 Å². The van der Waals surface area contributed by atoms with Crippen molar-refractivity contribution in [1.29, 1.82) is 0 Å². The molecule has 2 heterocycles.